The lowest BCUT2D eigenvalue weighted by atomic mass is 9.84. The van der Waals surface area contributed by atoms with Gasteiger partial charge >= 0.3 is 5.97 Å². The molecule has 2 atom stereocenters. The fourth-order valence-corrected chi connectivity index (χ4v) is 2.60. The predicted octanol–water partition coefficient (Wildman–Crippen LogP) is 0.580. The third-order valence-corrected chi connectivity index (χ3v) is 3.71. The number of carbonyl (C=O) groups excluding carboxylic acids is 1. The number of amides is 1. The Kier molecular flexibility index (Phi) is 3.66. The van der Waals surface area contributed by atoms with E-state index in [0.29, 0.717) is 0 Å². The minimum atomic E-state index is -0.936. The predicted molar refractivity (Wildman–Crippen MR) is 62.3 cm³/mol. The number of aliphatic carboxylic acids is 1. The van der Waals surface area contributed by atoms with Crippen LogP contribution in [0, 0.1) is 5.92 Å². The summed E-state index contributed by atoms with van der Waals surface area (Å²) < 4.78 is 0. The van der Waals surface area contributed by atoms with Gasteiger partial charge in [-0.1, -0.05) is 12.8 Å². The molecule has 0 aromatic heterocycles. The Morgan fingerprint density at radius 1 is 1.18 bits per heavy atom. The molecular formula is C12H20N2O3. The molecule has 2 aliphatic rings. The summed E-state index contributed by atoms with van der Waals surface area (Å²) in [6.07, 6.45) is 5.65. The lowest BCUT2D eigenvalue weighted by Gasteiger charge is -2.32. The molecule has 2 unspecified atom stereocenters. The fourth-order valence-electron chi connectivity index (χ4n) is 2.60. The Morgan fingerprint density at radius 3 is 2.35 bits per heavy atom. The van der Waals surface area contributed by atoms with Crippen LogP contribution in [-0.4, -0.2) is 40.5 Å². The van der Waals surface area contributed by atoms with Gasteiger partial charge in [-0.2, -0.15) is 0 Å². The molecule has 0 radical (unpaired) electrons. The van der Waals surface area contributed by atoms with E-state index in [1.807, 2.05) is 0 Å². The van der Waals surface area contributed by atoms with E-state index in [1.165, 1.54) is 4.90 Å². The van der Waals surface area contributed by atoms with Gasteiger partial charge < -0.3 is 15.7 Å². The molecule has 0 bridgehead atoms. The summed E-state index contributed by atoms with van der Waals surface area (Å²) in [7, 11) is 0. The first-order valence-electron chi connectivity index (χ1n) is 6.37. The Labute approximate surface area is 101 Å². The van der Waals surface area contributed by atoms with Gasteiger partial charge in [0, 0.05) is 12.1 Å². The maximum absolute atomic E-state index is 12.3. The second-order valence-electron chi connectivity index (χ2n) is 5.15. The Balaban J connectivity index is 2.01. The first-order chi connectivity index (χ1) is 8.09. The lowest BCUT2D eigenvalue weighted by Crippen LogP contribution is -2.48. The van der Waals surface area contributed by atoms with E-state index in [2.05, 4.69) is 0 Å². The third kappa shape index (κ3) is 2.97. The molecule has 0 saturated heterocycles. The number of carbonyl (C=O) groups is 2. The summed E-state index contributed by atoms with van der Waals surface area (Å²) in [5.41, 5.74) is 5.97. The van der Waals surface area contributed by atoms with E-state index in [0.717, 1.165) is 38.5 Å². The van der Waals surface area contributed by atoms with Gasteiger partial charge in [0.1, 0.15) is 6.54 Å². The van der Waals surface area contributed by atoms with Crippen molar-refractivity contribution >= 4 is 11.9 Å². The molecule has 1 amide bonds. The molecule has 96 valence electrons. The van der Waals surface area contributed by atoms with E-state index in [-0.39, 0.29) is 30.5 Å². The van der Waals surface area contributed by atoms with Crippen molar-refractivity contribution in [2.45, 2.75) is 50.6 Å². The SMILES string of the molecule is NC1CCCCC1C(=O)N(CC(=O)O)C1CC1. The van der Waals surface area contributed by atoms with Crippen molar-refractivity contribution < 1.29 is 14.7 Å². The zero-order chi connectivity index (χ0) is 12.4. The molecule has 2 saturated carbocycles. The Bertz CT molecular complexity index is 315. The van der Waals surface area contributed by atoms with Crippen molar-refractivity contribution in [1.29, 1.82) is 0 Å². The molecule has 3 N–H and O–H groups in total. The zero-order valence-electron chi connectivity index (χ0n) is 9.97. The molecule has 5 nitrogen and oxygen atoms in total. The van der Waals surface area contributed by atoms with Gasteiger partial charge in [0.15, 0.2) is 0 Å². The molecular weight excluding hydrogens is 220 g/mol. The number of hydrogen-bond acceptors (Lipinski definition) is 3. The molecule has 0 heterocycles. The lowest BCUT2D eigenvalue weighted by molar-refractivity contribution is -0.147. The Hall–Kier alpha value is -1.10. The van der Waals surface area contributed by atoms with Crippen molar-refractivity contribution in [3.63, 3.8) is 0 Å². The molecule has 17 heavy (non-hydrogen) atoms. The van der Waals surface area contributed by atoms with Crippen LogP contribution in [0.15, 0.2) is 0 Å². The average Bonchev–Trinajstić information content (AvgIpc) is 3.09. The van der Waals surface area contributed by atoms with E-state index in [9.17, 15) is 9.59 Å². The number of hydrogen-bond donors (Lipinski definition) is 2. The maximum atomic E-state index is 12.3. The minimum Gasteiger partial charge on any atom is -0.480 e. The van der Waals surface area contributed by atoms with Crippen molar-refractivity contribution in [3.05, 3.63) is 0 Å². The van der Waals surface area contributed by atoms with Gasteiger partial charge in [-0.3, -0.25) is 9.59 Å². The Morgan fingerprint density at radius 2 is 1.82 bits per heavy atom. The van der Waals surface area contributed by atoms with E-state index < -0.39 is 5.97 Å². The topological polar surface area (TPSA) is 83.6 Å². The second kappa shape index (κ2) is 5.04. The van der Waals surface area contributed by atoms with Crippen LogP contribution in [-0.2, 0) is 9.59 Å². The van der Waals surface area contributed by atoms with Gasteiger partial charge in [-0.05, 0) is 25.7 Å². The highest BCUT2D eigenvalue weighted by Crippen LogP contribution is 2.31. The number of nitrogens with zero attached hydrogens (tertiary/aromatic N) is 1. The van der Waals surface area contributed by atoms with E-state index >= 15 is 0 Å². The van der Waals surface area contributed by atoms with Crippen LogP contribution in [0.3, 0.4) is 0 Å². The molecule has 0 aromatic rings. The van der Waals surface area contributed by atoms with E-state index in [4.69, 9.17) is 10.8 Å². The fraction of sp³-hybridized carbons (Fsp3) is 0.833. The normalized spacial score (nSPS) is 28.8. The van der Waals surface area contributed by atoms with Crippen LogP contribution in [0.4, 0.5) is 0 Å². The van der Waals surface area contributed by atoms with Crippen LogP contribution in [0.5, 0.6) is 0 Å². The summed E-state index contributed by atoms with van der Waals surface area (Å²) >= 11 is 0. The van der Waals surface area contributed by atoms with Crippen molar-refractivity contribution in [3.8, 4) is 0 Å². The number of carboxylic acid groups (broad SMARTS) is 1. The molecule has 2 fully saturated rings. The zero-order valence-corrected chi connectivity index (χ0v) is 9.97. The second-order valence-corrected chi connectivity index (χ2v) is 5.15. The maximum Gasteiger partial charge on any atom is 0.323 e. The first-order valence-corrected chi connectivity index (χ1v) is 6.37. The van der Waals surface area contributed by atoms with Crippen LogP contribution in [0.2, 0.25) is 0 Å². The quantitative estimate of drug-likeness (QED) is 0.753. The molecule has 0 aliphatic heterocycles. The van der Waals surface area contributed by atoms with E-state index in [1.54, 1.807) is 0 Å². The standard InChI is InChI=1S/C12H20N2O3/c13-10-4-2-1-3-9(10)12(17)14(7-11(15)16)8-5-6-8/h8-10H,1-7,13H2,(H,15,16). The molecule has 0 aromatic carbocycles. The molecule has 0 spiro atoms. The summed E-state index contributed by atoms with van der Waals surface area (Å²) in [6.45, 7) is -0.174. The van der Waals surface area contributed by atoms with Gasteiger partial charge in [-0.15, -0.1) is 0 Å². The summed E-state index contributed by atoms with van der Waals surface area (Å²) in [5.74, 6) is -1.14. The summed E-state index contributed by atoms with van der Waals surface area (Å²) in [6, 6.07) is 0.0546. The van der Waals surface area contributed by atoms with Crippen LogP contribution in [0.25, 0.3) is 0 Å². The largest absolute Gasteiger partial charge is 0.480 e. The van der Waals surface area contributed by atoms with Crippen molar-refractivity contribution in [2.75, 3.05) is 6.54 Å². The molecule has 2 aliphatic carbocycles. The van der Waals surface area contributed by atoms with Gasteiger partial charge in [-0.25, -0.2) is 0 Å². The number of rotatable bonds is 4. The van der Waals surface area contributed by atoms with Crippen molar-refractivity contribution in [1.82, 2.24) is 4.90 Å². The summed E-state index contributed by atoms with van der Waals surface area (Å²) in [4.78, 5) is 24.6. The average molecular weight is 240 g/mol. The number of carboxylic acids is 1. The first kappa shape index (κ1) is 12.4. The van der Waals surface area contributed by atoms with Gasteiger partial charge in [0.05, 0.1) is 5.92 Å². The highest BCUT2D eigenvalue weighted by atomic mass is 16.4. The third-order valence-electron chi connectivity index (χ3n) is 3.71. The minimum absolute atomic E-state index is 0.0397. The van der Waals surface area contributed by atoms with Gasteiger partial charge in [0.25, 0.3) is 0 Å². The van der Waals surface area contributed by atoms with Crippen LogP contribution < -0.4 is 5.73 Å². The molecule has 2 rings (SSSR count). The highest BCUT2D eigenvalue weighted by molar-refractivity contribution is 5.84. The summed E-state index contributed by atoms with van der Waals surface area (Å²) in [5, 5.41) is 8.85. The smallest absolute Gasteiger partial charge is 0.323 e. The van der Waals surface area contributed by atoms with Gasteiger partial charge in [0.2, 0.25) is 5.91 Å². The monoisotopic (exact) mass is 240 g/mol. The van der Waals surface area contributed by atoms with Crippen LogP contribution >= 0.6 is 0 Å². The molecule has 5 heteroatoms. The highest BCUT2D eigenvalue weighted by Gasteiger charge is 2.39. The van der Waals surface area contributed by atoms with Crippen molar-refractivity contribution in [2.24, 2.45) is 11.7 Å². The number of nitrogens with two attached hydrogens (primary N) is 1. The van der Waals surface area contributed by atoms with Crippen LogP contribution in [0.1, 0.15) is 38.5 Å².